The molecule has 1 aliphatic rings. The average molecular weight is 411 g/mol. The van der Waals surface area contributed by atoms with Crippen LogP contribution in [0.3, 0.4) is 0 Å². The lowest BCUT2D eigenvalue weighted by Gasteiger charge is -2.11. The maximum atomic E-state index is 14.3. The third-order valence-corrected chi connectivity index (χ3v) is 5.96. The monoisotopic (exact) mass is 411 g/mol. The summed E-state index contributed by atoms with van der Waals surface area (Å²) < 4.78 is 30.4. The molecular weight excluding hydrogens is 392 g/mol. The van der Waals surface area contributed by atoms with Gasteiger partial charge in [0.05, 0.1) is 22.5 Å². The van der Waals surface area contributed by atoms with Crippen LogP contribution in [-0.2, 0) is 0 Å². The van der Waals surface area contributed by atoms with Crippen molar-refractivity contribution < 1.29 is 8.78 Å². The lowest BCUT2D eigenvalue weighted by atomic mass is 9.99. The van der Waals surface area contributed by atoms with E-state index in [0.29, 0.717) is 16.7 Å². The number of alkyl halides is 2. The molecule has 0 bridgehead atoms. The van der Waals surface area contributed by atoms with Crippen LogP contribution in [0.2, 0.25) is 0 Å². The van der Waals surface area contributed by atoms with E-state index in [1.807, 2.05) is 72.8 Å². The molecule has 1 fully saturated rings. The Balaban J connectivity index is 1.69. The van der Waals surface area contributed by atoms with Gasteiger partial charge in [-0.15, -0.1) is 0 Å². The number of hydrogen-bond donors (Lipinski definition) is 0. The van der Waals surface area contributed by atoms with Gasteiger partial charge in [0.1, 0.15) is 0 Å². The van der Waals surface area contributed by atoms with Gasteiger partial charge in [0.2, 0.25) is 0 Å². The highest BCUT2D eigenvalue weighted by atomic mass is 19.3. The van der Waals surface area contributed by atoms with Crippen LogP contribution < -0.4 is 0 Å². The molecule has 3 aromatic carbocycles. The summed E-state index contributed by atoms with van der Waals surface area (Å²) in [6.45, 7) is 0. The van der Waals surface area contributed by atoms with Gasteiger partial charge in [-0.3, -0.25) is 0 Å². The van der Waals surface area contributed by atoms with Gasteiger partial charge in [-0.05, 0) is 41.8 Å². The van der Waals surface area contributed by atoms with E-state index in [-0.39, 0.29) is 11.5 Å². The molecule has 0 aliphatic heterocycles. The van der Waals surface area contributed by atoms with Crippen molar-refractivity contribution in [1.29, 1.82) is 0 Å². The molecule has 5 aromatic rings. The molecule has 2 aromatic heterocycles. The van der Waals surface area contributed by atoms with Gasteiger partial charge < -0.3 is 0 Å². The van der Waals surface area contributed by atoms with Crippen LogP contribution in [0.4, 0.5) is 8.78 Å². The molecule has 5 heteroatoms. The van der Waals surface area contributed by atoms with Gasteiger partial charge in [0.15, 0.2) is 5.65 Å². The molecule has 1 saturated carbocycles. The Morgan fingerprint density at radius 3 is 2.39 bits per heavy atom. The summed E-state index contributed by atoms with van der Waals surface area (Å²) in [6.07, 6.45) is -0.645. The third kappa shape index (κ3) is 3.00. The van der Waals surface area contributed by atoms with Gasteiger partial charge in [-0.2, -0.15) is 5.10 Å². The van der Waals surface area contributed by atoms with E-state index in [0.717, 1.165) is 40.6 Å². The quantitative estimate of drug-likeness (QED) is 0.317. The molecule has 0 unspecified atom stereocenters. The van der Waals surface area contributed by atoms with Crippen LogP contribution >= 0.6 is 0 Å². The molecule has 1 aliphatic carbocycles. The number of nitrogens with zero attached hydrogens (tertiary/aromatic N) is 3. The Morgan fingerprint density at radius 2 is 1.61 bits per heavy atom. The van der Waals surface area contributed by atoms with Crippen molar-refractivity contribution in [3.05, 3.63) is 90.1 Å². The first-order chi connectivity index (χ1) is 15.2. The topological polar surface area (TPSA) is 30.7 Å². The highest BCUT2D eigenvalue weighted by molar-refractivity contribution is 5.97. The number of benzene rings is 3. The molecular formula is C26H19F2N3. The fourth-order valence-electron chi connectivity index (χ4n) is 4.32. The third-order valence-electron chi connectivity index (χ3n) is 5.96. The fraction of sp³-hybridized carbons (Fsp3) is 0.154. The van der Waals surface area contributed by atoms with Gasteiger partial charge >= 0.3 is 0 Å². The Labute approximate surface area is 178 Å². The van der Waals surface area contributed by atoms with Crippen LogP contribution in [-0.4, -0.2) is 14.8 Å². The SMILES string of the molecule is FC(F)c1cc(-c2cccc3ccccc23)nc2c1c(C1CC1)nn2-c1ccccc1. The van der Waals surface area contributed by atoms with Crippen molar-refractivity contribution in [3.8, 4) is 16.9 Å². The Bertz CT molecular complexity index is 1410. The lowest BCUT2D eigenvalue weighted by molar-refractivity contribution is 0.153. The summed E-state index contributed by atoms with van der Waals surface area (Å²) in [7, 11) is 0. The average Bonchev–Trinajstić information content (AvgIpc) is 3.58. The van der Waals surface area contributed by atoms with Crippen molar-refractivity contribution in [2.45, 2.75) is 25.2 Å². The number of hydrogen-bond acceptors (Lipinski definition) is 2. The Hall–Kier alpha value is -3.60. The minimum Gasteiger partial charge on any atom is -0.228 e. The van der Waals surface area contributed by atoms with Crippen LogP contribution in [0.15, 0.2) is 78.9 Å². The molecule has 2 heterocycles. The summed E-state index contributed by atoms with van der Waals surface area (Å²) in [5.41, 5.74) is 3.45. The summed E-state index contributed by atoms with van der Waals surface area (Å²) >= 11 is 0. The van der Waals surface area contributed by atoms with Crippen molar-refractivity contribution >= 4 is 21.8 Å². The van der Waals surface area contributed by atoms with E-state index >= 15 is 0 Å². The summed E-state index contributed by atoms with van der Waals surface area (Å²) in [5.74, 6) is 0.232. The Kier molecular flexibility index (Phi) is 4.10. The number of pyridine rings is 1. The second-order valence-electron chi connectivity index (χ2n) is 8.03. The molecule has 6 rings (SSSR count). The van der Waals surface area contributed by atoms with Crippen molar-refractivity contribution in [3.63, 3.8) is 0 Å². The largest absolute Gasteiger partial charge is 0.264 e. The normalized spacial score (nSPS) is 14.0. The summed E-state index contributed by atoms with van der Waals surface area (Å²) in [6, 6.07) is 25.0. The summed E-state index contributed by atoms with van der Waals surface area (Å²) in [5, 5.41) is 7.33. The van der Waals surface area contributed by atoms with Crippen molar-refractivity contribution in [1.82, 2.24) is 14.8 Å². The Morgan fingerprint density at radius 1 is 0.871 bits per heavy atom. The van der Waals surface area contributed by atoms with Crippen molar-refractivity contribution in [2.24, 2.45) is 0 Å². The van der Waals surface area contributed by atoms with Crippen molar-refractivity contribution in [2.75, 3.05) is 0 Å². The number of halogens is 2. The summed E-state index contributed by atoms with van der Waals surface area (Å²) in [4.78, 5) is 4.91. The number of aromatic nitrogens is 3. The molecule has 0 saturated heterocycles. The van der Waals surface area contributed by atoms with Crippen LogP contribution in [0, 0.1) is 0 Å². The molecule has 152 valence electrons. The molecule has 3 nitrogen and oxygen atoms in total. The van der Waals surface area contributed by atoms with E-state index < -0.39 is 6.43 Å². The van der Waals surface area contributed by atoms with E-state index in [9.17, 15) is 8.78 Å². The van der Waals surface area contributed by atoms with E-state index in [1.165, 1.54) is 0 Å². The number of rotatable bonds is 4. The van der Waals surface area contributed by atoms with Crippen LogP contribution in [0.25, 0.3) is 38.8 Å². The molecule has 0 spiro atoms. The zero-order valence-corrected chi connectivity index (χ0v) is 16.7. The second-order valence-corrected chi connectivity index (χ2v) is 8.03. The predicted molar refractivity (Wildman–Crippen MR) is 119 cm³/mol. The first-order valence-electron chi connectivity index (χ1n) is 10.5. The minimum absolute atomic E-state index is 0.0111. The lowest BCUT2D eigenvalue weighted by Crippen LogP contribution is -1.99. The van der Waals surface area contributed by atoms with Gasteiger partial charge in [0.25, 0.3) is 6.43 Å². The number of fused-ring (bicyclic) bond motifs is 2. The molecule has 0 amide bonds. The maximum Gasteiger partial charge on any atom is 0.264 e. The van der Waals surface area contributed by atoms with E-state index in [4.69, 9.17) is 10.1 Å². The highest BCUT2D eigenvalue weighted by Gasteiger charge is 2.33. The van der Waals surface area contributed by atoms with Crippen LogP contribution in [0.1, 0.15) is 36.4 Å². The predicted octanol–water partition coefficient (Wildman–Crippen LogP) is 7.06. The maximum absolute atomic E-state index is 14.3. The second kappa shape index (κ2) is 6.98. The van der Waals surface area contributed by atoms with Crippen LogP contribution in [0.5, 0.6) is 0 Å². The molecule has 31 heavy (non-hydrogen) atoms. The zero-order chi connectivity index (χ0) is 20.9. The minimum atomic E-state index is -2.61. The van der Waals surface area contributed by atoms with E-state index in [2.05, 4.69) is 0 Å². The highest BCUT2D eigenvalue weighted by Crippen LogP contribution is 2.45. The first-order valence-corrected chi connectivity index (χ1v) is 10.5. The smallest absolute Gasteiger partial charge is 0.228 e. The first kappa shape index (κ1) is 18.2. The number of para-hydroxylation sites is 1. The fourth-order valence-corrected chi connectivity index (χ4v) is 4.32. The van der Waals surface area contributed by atoms with E-state index in [1.54, 1.807) is 10.7 Å². The molecule has 0 N–H and O–H groups in total. The molecule has 0 atom stereocenters. The molecule has 0 radical (unpaired) electrons. The standard InChI is InChI=1S/C26H19F2N3/c27-25(28)21-15-22(20-12-6-8-16-7-4-5-11-19(16)20)29-26-23(21)24(17-13-14-17)30-31(26)18-9-2-1-3-10-18/h1-12,15,17,25H,13-14H2. The van der Waals surface area contributed by atoms with Gasteiger partial charge in [-0.25, -0.2) is 18.4 Å². The zero-order valence-electron chi connectivity index (χ0n) is 16.7. The van der Waals surface area contributed by atoms with Gasteiger partial charge in [0, 0.05) is 17.0 Å². The van der Waals surface area contributed by atoms with Gasteiger partial charge in [-0.1, -0.05) is 60.7 Å².